The van der Waals surface area contributed by atoms with Gasteiger partial charge in [-0.05, 0) is 30.0 Å². The maximum Gasteiger partial charge on any atom is 0.326 e. The molecule has 1 amide bonds. The van der Waals surface area contributed by atoms with Crippen LogP contribution in [0.5, 0.6) is 5.75 Å². The molecule has 0 aliphatic carbocycles. The normalized spacial score (nSPS) is 12.3. The third-order valence-corrected chi connectivity index (χ3v) is 2.90. The first-order chi connectivity index (χ1) is 9.81. The first kappa shape index (κ1) is 17.0. The van der Waals surface area contributed by atoms with Gasteiger partial charge in [-0.15, -0.1) is 0 Å². The lowest BCUT2D eigenvalue weighted by Gasteiger charge is -2.18. The second-order valence-electron chi connectivity index (χ2n) is 5.77. The molecule has 21 heavy (non-hydrogen) atoms. The van der Waals surface area contributed by atoms with Crippen molar-refractivity contribution in [2.45, 2.75) is 33.7 Å². The standard InChI is InChI=1S/C16H23NO4/c1-10(2)9-21-13-7-5-6-12(8-13)15(18)17-14(11(3)4)16(19)20/h5-8,10-11,14H,9H2,1-4H3,(H,17,18)(H,19,20). The van der Waals surface area contributed by atoms with Crippen molar-refractivity contribution < 1.29 is 19.4 Å². The molecule has 0 saturated carbocycles. The summed E-state index contributed by atoms with van der Waals surface area (Å²) in [4.78, 5) is 23.2. The lowest BCUT2D eigenvalue weighted by atomic mass is 10.0. The highest BCUT2D eigenvalue weighted by atomic mass is 16.5. The quantitative estimate of drug-likeness (QED) is 0.810. The van der Waals surface area contributed by atoms with Crippen LogP contribution in [0.3, 0.4) is 0 Å². The van der Waals surface area contributed by atoms with E-state index in [1.54, 1.807) is 38.1 Å². The Kier molecular flexibility index (Phi) is 6.21. The Morgan fingerprint density at radius 2 is 1.90 bits per heavy atom. The monoisotopic (exact) mass is 293 g/mol. The number of ether oxygens (including phenoxy) is 1. The van der Waals surface area contributed by atoms with E-state index in [-0.39, 0.29) is 5.92 Å². The van der Waals surface area contributed by atoms with E-state index in [1.165, 1.54) is 0 Å². The maximum atomic E-state index is 12.1. The van der Waals surface area contributed by atoms with Gasteiger partial charge in [0.15, 0.2) is 0 Å². The summed E-state index contributed by atoms with van der Waals surface area (Å²) in [7, 11) is 0. The minimum Gasteiger partial charge on any atom is -0.493 e. The van der Waals surface area contributed by atoms with E-state index in [0.29, 0.717) is 23.8 Å². The van der Waals surface area contributed by atoms with Crippen molar-refractivity contribution >= 4 is 11.9 Å². The van der Waals surface area contributed by atoms with Crippen LogP contribution in [0.25, 0.3) is 0 Å². The largest absolute Gasteiger partial charge is 0.493 e. The number of carboxylic acid groups (broad SMARTS) is 1. The van der Waals surface area contributed by atoms with Crippen LogP contribution in [0, 0.1) is 11.8 Å². The summed E-state index contributed by atoms with van der Waals surface area (Å²) in [5.74, 6) is -0.643. The summed E-state index contributed by atoms with van der Waals surface area (Å²) in [5, 5.41) is 11.6. The predicted molar refractivity (Wildman–Crippen MR) is 80.5 cm³/mol. The zero-order valence-electron chi connectivity index (χ0n) is 12.9. The first-order valence-corrected chi connectivity index (χ1v) is 7.07. The summed E-state index contributed by atoms with van der Waals surface area (Å²) in [6.07, 6.45) is 0. The van der Waals surface area contributed by atoms with Gasteiger partial charge in [-0.1, -0.05) is 33.8 Å². The second kappa shape index (κ2) is 7.67. The van der Waals surface area contributed by atoms with E-state index < -0.39 is 17.9 Å². The van der Waals surface area contributed by atoms with Gasteiger partial charge in [0.2, 0.25) is 0 Å². The Hall–Kier alpha value is -2.04. The average Bonchev–Trinajstić information content (AvgIpc) is 2.41. The molecule has 0 bridgehead atoms. The van der Waals surface area contributed by atoms with E-state index in [0.717, 1.165) is 0 Å². The van der Waals surface area contributed by atoms with Crippen molar-refractivity contribution in [2.24, 2.45) is 11.8 Å². The SMILES string of the molecule is CC(C)COc1cccc(C(=O)NC(C(=O)O)C(C)C)c1. The number of carbonyl (C=O) groups is 2. The zero-order valence-corrected chi connectivity index (χ0v) is 12.9. The molecule has 116 valence electrons. The number of benzene rings is 1. The van der Waals surface area contributed by atoms with Crippen LogP contribution in [-0.2, 0) is 4.79 Å². The van der Waals surface area contributed by atoms with Crippen LogP contribution < -0.4 is 10.1 Å². The number of hydrogen-bond acceptors (Lipinski definition) is 3. The zero-order chi connectivity index (χ0) is 16.0. The smallest absolute Gasteiger partial charge is 0.326 e. The molecule has 1 rings (SSSR count). The van der Waals surface area contributed by atoms with E-state index >= 15 is 0 Å². The van der Waals surface area contributed by atoms with Crippen molar-refractivity contribution in [1.82, 2.24) is 5.32 Å². The molecule has 0 saturated heterocycles. The Balaban J connectivity index is 2.78. The fourth-order valence-electron chi connectivity index (χ4n) is 1.73. The Morgan fingerprint density at radius 1 is 1.24 bits per heavy atom. The number of rotatable bonds is 7. The van der Waals surface area contributed by atoms with E-state index in [9.17, 15) is 9.59 Å². The first-order valence-electron chi connectivity index (χ1n) is 7.07. The van der Waals surface area contributed by atoms with Gasteiger partial charge in [-0.3, -0.25) is 4.79 Å². The van der Waals surface area contributed by atoms with E-state index in [2.05, 4.69) is 5.32 Å². The highest BCUT2D eigenvalue weighted by Crippen LogP contribution is 2.15. The van der Waals surface area contributed by atoms with Gasteiger partial charge >= 0.3 is 5.97 Å². The number of carboxylic acids is 1. The third-order valence-electron chi connectivity index (χ3n) is 2.90. The highest BCUT2D eigenvalue weighted by Gasteiger charge is 2.24. The minimum absolute atomic E-state index is 0.188. The fraction of sp³-hybridized carbons (Fsp3) is 0.500. The number of nitrogens with one attached hydrogen (secondary N) is 1. The summed E-state index contributed by atoms with van der Waals surface area (Å²) in [6.45, 7) is 8.14. The van der Waals surface area contributed by atoms with Crippen molar-refractivity contribution in [3.05, 3.63) is 29.8 Å². The molecule has 1 aromatic rings. The number of carbonyl (C=O) groups excluding carboxylic acids is 1. The number of aliphatic carboxylic acids is 1. The highest BCUT2D eigenvalue weighted by molar-refractivity contribution is 5.96. The van der Waals surface area contributed by atoms with Gasteiger partial charge in [0.05, 0.1) is 6.61 Å². The van der Waals surface area contributed by atoms with Crippen LogP contribution in [-0.4, -0.2) is 29.6 Å². The molecule has 5 heteroatoms. The lowest BCUT2D eigenvalue weighted by molar-refractivity contribution is -0.140. The van der Waals surface area contributed by atoms with Crippen molar-refractivity contribution in [3.8, 4) is 5.75 Å². The van der Waals surface area contributed by atoms with Crippen LogP contribution in [0.4, 0.5) is 0 Å². The van der Waals surface area contributed by atoms with E-state index in [4.69, 9.17) is 9.84 Å². The van der Waals surface area contributed by atoms with Gasteiger partial charge in [-0.2, -0.15) is 0 Å². The van der Waals surface area contributed by atoms with Crippen LogP contribution >= 0.6 is 0 Å². The van der Waals surface area contributed by atoms with Crippen molar-refractivity contribution in [2.75, 3.05) is 6.61 Å². The van der Waals surface area contributed by atoms with Crippen molar-refractivity contribution in [1.29, 1.82) is 0 Å². The van der Waals surface area contributed by atoms with Crippen LogP contribution in [0.2, 0.25) is 0 Å². The molecule has 0 spiro atoms. The predicted octanol–water partition coefficient (Wildman–Crippen LogP) is 2.56. The Bertz CT molecular complexity index is 497. The number of hydrogen-bond donors (Lipinski definition) is 2. The maximum absolute atomic E-state index is 12.1. The van der Waals surface area contributed by atoms with Gasteiger partial charge in [-0.25, -0.2) is 4.79 Å². The summed E-state index contributed by atoms with van der Waals surface area (Å²) in [6, 6.07) is 5.84. The summed E-state index contributed by atoms with van der Waals surface area (Å²) < 4.78 is 5.56. The third kappa shape index (κ3) is 5.45. The molecular formula is C16H23NO4. The fourth-order valence-corrected chi connectivity index (χ4v) is 1.73. The molecule has 0 heterocycles. The van der Waals surface area contributed by atoms with Gasteiger partial charge < -0.3 is 15.2 Å². The number of amides is 1. The molecular weight excluding hydrogens is 270 g/mol. The molecule has 1 atom stereocenters. The molecule has 2 N–H and O–H groups in total. The lowest BCUT2D eigenvalue weighted by Crippen LogP contribution is -2.44. The molecule has 1 aromatic carbocycles. The minimum atomic E-state index is -1.04. The van der Waals surface area contributed by atoms with Crippen LogP contribution in [0.15, 0.2) is 24.3 Å². The van der Waals surface area contributed by atoms with Crippen molar-refractivity contribution in [3.63, 3.8) is 0 Å². The average molecular weight is 293 g/mol. The van der Waals surface area contributed by atoms with Gasteiger partial charge in [0.25, 0.3) is 5.91 Å². The Labute approximate surface area is 125 Å². The molecule has 0 fully saturated rings. The van der Waals surface area contributed by atoms with Gasteiger partial charge in [0, 0.05) is 5.56 Å². The second-order valence-corrected chi connectivity index (χ2v) is 5.77. The molecule has 5 nitrogen and oxygen atoms in total. The van der Waals surface area contributed by atoms with Crippen LogP contribution in [0.1, 0.15) is 38.1 Å². The van der Waals surface area contributed by atoms with E-state index in [1.807, 2.05) is 13.8 Å². The topological polar surface area (TPSA) is 75.6 Å². The Morgan fingerprint density at radius 3 is 2.43 bits per heavy atom. The molecule has 0 radical (unpaired) electrons. The molecule has 0 aliphatic heterocycles. The molecule has 1 unspecified atom stereocenters. The summed E-state index contributed by atoms with van der Waals surface area (Å²) >= 11 is 0. The summed E-state index contributed by atoms with van der Waals surface area (Å²) in [5.41, 5.74) is 0.392. The molecule has 0 aliphatic rings. The van der Waals surface area contributed by atoms with Gasteiger partial charge in [0.1, 0.15) is 11.8 Å². The molecule has 0 aromatic heterocycles.